The Labute approximate surface area is 136 Å². The Hall–Kier alpha value is -2.62. The van der Waals surface area contributed by atoms with Gasteiger partial charge in [-0.05, 0) is 12.0 Å². The molecule has 120 valence electrons. The van der Waals surface area contributed by atoms with Gasteiger partial charge in [-0.3, -0.25) is 9.69 Å². The molecule has 0 aromatic heterocycles. The molecule has 0 spiro atoms. The van der Waals surface area contributed by atoms with Crippen LogP contribution >= 0.6 is 0 Å². The normalized spacial score (nSPS) is 11.7. The Morgan fingerprint density at radius 2 is 1.57 bits per heavy atom. The number of hydrogen-bond acceptors (Lipinski definition) is 2. The highest BCUT2D eigenvalue weighted by Gasteiger charge is 2.31. The van der Waals surface area contributed by atoms with Crippen molar-refractivity contribution in [1.29, 1.82) is 0 Å². The number of carboxylic acid groups (broad SMARTS) is 1. The molecule has 0 fully saturated rings. The summed E-state index contributed by atoms with van der Waals surface area (Å²) in [6.45, 7) is 2.33. The van der Waals surface area contributed by atoms with Crippen LogP contribution in [-0.4, -0.2) is 28.4 Å². The number of unbranched alkanes of at least 4 members (excludes halogenated alkanes) is 1. The summed E-state index contributed by atoms with van der Waals surface area (Å²) in [7, 11) is 0. The van der Waals surface area contributed by atoms with E-state index >= 15 is 0 Å². The zero-order chi connectivity index (χ0) is 16.7. The summed E-state index contributed by atoms with van der Waals surface area (Å²) < 4.78 is 0. The molecule has 2 rings (SSSR count). The van der Waals surface area contributed by atoms with Crippen LogP contribution in [0.4, 0.5) is 4.79 Å². The van der Waals surface area contributed by atoms with Crippen LogP contribution in [0.5, 0.6) is 0 Å². The molecular formula is C19H21NO3. The molecule has 4 heteroatoms. The number of benzene rings is 2. The summed E-state index contributed by atoms with van der Waals surface area (Å²) in [6.07, 6.45) is 0.513. The van der Waals surface area contributed by atoms with E-state index in [4.69, 9.17) is 0 Å². The van der Waals surface area contributed by atoms with E-state index in [1.54, 1.807) is 36.4 Å². The number of hydrogen-bond donors (Lipinski definition) is 1. The SMILES string of the molecule is CCCCN(C(=O)O)C(C(=O)c1ccccc1)c1ccccc1. The smallest absolute Gasteiger partial charge is 0.408 e. The van der Waals surface area contributed by atoms with Crippen LogP contribution in [0, 0.1) is 0 Å². The molecule has 1 atom stereocenters. The molecule has 0 bridgehead atoms. The molecule has 1 unspecified atom stereocenters. The number of nitrogens with zero attached hydrogens (tertiary/aromatic N) is 1. The van der Waals surface area contributed by atoms with E-state index in [0.717, 1.165) is 12.8 Å². The molecule has 0 aliphatic carbocycles. The second kappa shape index (κ2) is 8.13. The van der Waals surface area contributed by atoms with Crippen molar-refractivity contribution in [2.45, 2.75) is 25.8 Å². The first-order chi connectivity index (χ1) is 11.1. The topological polar surface area (TPSA) is 57.6 Å². The van der Waals surface area contributed by atoms with E-state index < -0.39 is 12.1 Å². The molecule has 0 aliphatic rings. The van der Waals surface area contributed by atoms with Crippen LogP contribution in [0.2, 0.25) is 0 Å². The van der Waals surface area contributed by atoms with Gasteiger partial charge in [0.2, 0.25) is 0 Å². The Morgan fingerprint density at radius 3 is 2.09 bits per heavy atom. The van der Waals surface area contributed by atoms with Crippen LogP contribution in [0.1, 0.15) is 41.7 Å². The quantitative estimate of drug-likeness (QED) is 0.771. The van der Waals surface area contributed by atoms with Gasteiger partial charge >= 0.3 is 6.09 Å². The Balaban J connectivity index is 2.42. The fourth-order valence-electron chi connectivity index (χ4n) is 2.53. The zero-order valence-electron chi connectivity index (χ0n) is 13.2. The largest absolute Gasteiger partial charge is 0.465 e. The first-order valence-corrected chi connectivity index (χ1v) is 7.79. The van der Waals surface area contributed by atoms with Crippen LogP contribution in [-0.2, 0) is 0 Å². The summed E-state index contributed by atoms with van der Waals surface area (Å²) >= 11 is 0. The van der Waals surface area contributed by atoms with Crippen molar-refractivity contribution >= 4 is 11.9 Å². The molecule has 1 amide bonds. The second-order valence-corrected chi connectivity index (χ2v) is 5.37. The molecule has 0 heterocycles. The van der Waals surface area contributed by atoms with Gasteiger partial charge in [0.05, 0.1) is 0 Å². The predicted octanol–water partition coefficient (Wildman–Crippen LogP) is 4.39. The standard InChI is InChI=1S/C19H21NO3/c1-2-3-14-20(19(22)23)17(15-10-6-4-7-11-15)18(21)16-12-8-5-9-13-16/h4-13,17H,2-3,14H2,1H3,(H,22,23). The number of ketones is 1. The first-order valence-electron chi connectivity index (χ1n) is 7.79. The summed E-state index contributed by atoms with van der Waals surface area (Å²) in [4.78, 5) is 25.9. The number of carbonyl (C=O) groups excluding carboxylic acids is 1. The summed E-state index contributed by atoms with van der Waals surface area (Å²) in [6, 6.07) is 17.1. The minimum absolute atomic E-state index is 0.199. The van der Waals surface area contributed by atoms with E-state index in [2.05, 4.69) is 0 Å². The average molecular weight is 311 g/mol. The van der Waals surface area contributed by atoms with Crippen molar-refractivity contribution in [2.24, 2.45) is 0 Å². The number of carbonyl (C=O) groups is 2. The van der Waals surface area contributed by atoms with Gasteiger partial charge in [-0.2, -0.15) is 0 Å². The molecule has 0 saturated carbocycles. The third-order valence-corrected chi connectivity index (χ3v) is 3.73. The maximum Gasteiger partial charge on any atom is 0.408 e. The molecular weight excluding hydrogens is 290 g/mol. The Kier molecular flexibility index (Phi) is 5.92. The fraction of sp³-hybridized carbons (Fsp3) is 0.263. The first kappa shape index (κ1) is 16.7. The van der Waals surface area contributed by atoms with Gasteiger partial charge in [-0.15, -0.1) is 0 Å². The minimum Gasteiger partial charge on any atom is -0.465 e. The van der Waals surface area contributed by atoms with Crippen molar-refractivity contribution in [3.8, 4) is 0 Å². The zero-order valence-corrected chi connectivity index (χ0v) is 13.2. The summed E-state index contributed by atoms with van der Waals surface area (Å²) in [5.74, 6) is -0.199. The molecule has 2 aromatic rings. The van der Waals surface area contributed by atoms with E-state index in [9.17, 15) is 14.7 Å². The highest BCUT2D eigenvalue weighted by atomic mass is 16.4. The summed E-state index contributed by atoms with van der Waals surface area (Å²) in [5, 5.41) is 9.60. The van der Waals surface area contributed by atoms with Gasteiger partial charge in [-0.1, -0.05) is 74.0 Å². The molecule has 1 N–H and O–H groups in total. The van der Waals surface area contributed by atoms with Crippen LogP contribution in [0.15, 0.2) is 60.7 Å². The van der Waals surface area contributed by atoms with Crippen LogP contribution in [0.3, 0.4) is 0 Å². The lowest BCUT2D eigenvalue weighted by Gasteiger charge is -2.28. The Bertz CT molecular complexity index is 640. The highest BCUT2D eigenvalue weighted by molar-refractivity contribution is 6.01. The average Bonchev–Trinajstić information content (AvgIpc) is 2.59. The van der Waals surface area contributed by atoms with E-state index in [-0.39, 0.29) is 5.78 Å². The minimum atomic E-state index is -1.07. The van der Waals surface area contributed by atoms with Crippen molar-refractivity contribution in [3.05, 3.63) is 71.8 Å². The second-order valence-electron chi connectivity index (χ2n) is 5.37. The van der Waals surface area contributed by atoms with Crippen LogP contribution in [0.25, 0.3) is 0 Å². The maximum atomic E-state index is 12.9. The monoisotopic (exact) mass is 311 g/mol. The van der Waals surface area contributed by atoms with Gasteiger partial charge in [0, 0.05) is 12.1 Å². The Morgan fingerprint density at radius 1 is 1.00 bits per heavy atom. The lowest BCUT2D eigenvalue weighted by molar-refractivity contribution is 0.0782. The number of amides is 1. The predicted molar refractivity (Wildman–Crippen MR) is 89.6 cm³/mol. The van der Waals surface area contributed by atoms with Crippen LogP contribution < -0.4 is 0 Å². The van der Waals surface area contributed by atoms with Gasteiger partial charge in [0.1, 0.15) is 6.04 Å². The third-order valence-electron chi connectivity index (χ3n) is 3.73. The molecule has 2 aromatic carbocycles. The number of rotatable bonds is 7. The van der Waals surface area contributed by atoms with E-state index in [1.807, 2.05) is 31.2 Å². The lowest BCUT2D eigenvalue weighted by Crippen LogP contribution is -2.38. The fourth-order valence-corrected chi connectivity index (χ4v) is 2.53. The molecule has 0 radical (unpaired) electrons. The molecule has 23 heavy (non-hydrogen) atoms. The van der Waals surface area contributed by atoms with Crippen molar-refractivity contribution in [2.75, 3.05) is 6.54 Å². The molecule has 0 aliphatic heterocycles. The van der Waals surface area contributed by atoms with Gasteiger partial charge in [-0.25, -0.2) is 4.79 Å². The van der Waals surface area contributed by atoms with E-state index in [1.165, 1.54) is 4.90 Å². The number of Topliss-reactive ketones (excluding diaryl/α,β-unsaturated/α-hetero) is 1. The maximum absolute atomic E-state index is 12.9. The highest BCUT2D eigenvalue weighted by Crippen LogP contribution is 2.26. The van der Waals surface area contributed by atoms with E-state index in [0.29, 0.717) is 17.7 Å². The summed E-state index contributed by atoms with van der Waals surface area (Å²) in [5.41, 5.74) is 1.21. The van der Waals surface area contributed by atoms with Gasteiger partial charge < -0.3 is 5.11 Å². The molecule has 0 saturated heterocycles. The van der Waals surface area contributed by atoms with Crippen molar-refractivity contribution in [1.82, 2.24) is 4.90 Å². The third kappa shape index (κ3) is 4.19. The van der Waals surface area contributed by atoms with Gasteiger partial charge in [0.25, 0.3) is 0 Å². The van der Waals surface area contributed by atoms with Crippen molar-refractivity contribution in [3.63, 3.8) is 0 Å². The van der Waals surface area contributed by atoms with Crippen molar-refractivity contribution < 1.29 is 14.7 Å². The molecule has 4 nitrogen and oxygen atoms in total. The lowest BCUT2D eigenvalue weighted by atomic mass is 9.96. The van der Waals surface area contributed by atoms with Gasteiger partial charge in [0.15, 0.2) is 5.78 Å².